The molecule has 0 aromatic heterocycles. The van der Waals surface area contributed by atoms with Crippen LogP contribution in [0.1, 0.15) is 239 Å². The minimum atomic E-state index is -1.79. The Morgan fingerprint density at radius 1 is 0.479 bits per heavy atom. The second-order valence-electron chi connectivity index (χ2n) is 21.1. The van der Waals surface area contributed by atoms with E-state index in [1.165, 1.54) is 161 Å². The lowest BCUT2D eigenvalue weighted by atomic mass is 9.97. The van der Waals surface area contributed by atoms with E-state index in [0.717, 1.165) is 44.9 Å². The van der Waals surface area contributed by atoms with Crippen molar-refractivity contribution in [2.24, 2.45) is 0 Å². The number of hydrogen-bond acceptors (Lipinski definition) is 13. The summed E-state index contributed by atoms with van der Waals surface area (Å²) in [6.07, 6.45) is 37.8. The maximum atomic E-state index is 13.2. The maximum Gasteiger partial charge on any atom is 0.220 e. The van der Waals surface area contributed by atoms with E-state index in [-0.39, 0.29) is 18.9 Å². The number of rotatable bonds is 47. The van der Waals surface area contributed by atoms with Gasteiger partial charge in [0.15, 0.2) is 12.6 Å². The fourth-order valence-electron chi connectivity index (χ4n) is 9.74. The van der Waals surface area contributed by atoms with E-state index in [0.29, 0.717) is 12.8 Å². The van der Waals surface area contributed by atoms with Gasteiger partial charge in [-0.1, -0.05) is 224 Å². The second-order valence-corrected chi connectivity index (χ2v) is 21.1. The van der Waals surface area contributed by atoms with Gasteiger partial charge in [-0.3, -0.25) is 4.79 Å². The van der Waals surface area contributed by atoms with E-state index in [1.54, 1.807) is 6.08 Å². The summed E-state index contributed by atoms with van der Waals surface area (Å²) in [6.45, 7) is 2.77. The van der Waals surface area contributed by atoms with Gasteiger partial charge in [0, 0.05) is 6.42 Å². The van der Waals surface area contributed by atoms with E-state index >= 15 is 0 Å². The Balaban J connectivity index is 1.75. The third-order valence-electron chi connectivity index (χ3n) is 14.6. The smallest absolute Gasteiger partial charge is 0.220 e. The summed E-state index contributed by atoms with van der Waals surface area (Å²) in [7, 11) is 0. The molecule has 0 saturated carbocycles. The Kier molecular flexibility index (Phi) is 41.7. The summed E-state index contributed by atoms with van der Waals surface area (Å²) in [6, 6.07) is -0.934. The Morgan fingerprint density at radius 3 is 1.34 bits per heavy atom. The zero-order chi connectivity index (χ0) is 53.2. The summed E-state index contributed by atoms with van der Waals surface area (Å²) < 4.78 is 22.7. The molecular weight excluding hydrogens is 931 g/mol. The van der Waals surface area contributed by atoms with Crippen molar-refractivity contribution in [3.8, 4) is 0 Å². The van der Waals surface area contributed by atoms with Crippen LogP contribution >= 0.6 is 0 Å². The number of amides is 1. The van der Waals surface area contributed by atoms with Crippen LogP contribution in [0.3, 0.4) is 0 Å². The summed E-state index contributed by atoms with van der Waals surface area (Å²) >= 11 is 0. The highest BCUT2D eigenvalue weighted by atomic mass is 16.7. The van der Waals surface area contributed by atoms with E-state index < -0.39 is 86.8 Å². The number of aliphatic hydroxyl groups is 8. The number of carbonyl (C=O) groups excluding carboxylic acids is 1. The standard InChI is InChI=1S/C59H109NO13/c1-3-5-7-9-11-13-15-17-18-19-20-21-22-23-24-25-26-27-28-29-30-31-32-34-36-38-40-42-48(63)47(60-51(64)43-41-39-37-35-33-16-14-12-10-8-6-4-2)46-70-58-56(69)54(67)57(50(45-62)72-58)73-59-55(68)53(66)52(65)49(44-61)71-59/h28-29,32,34,40,42,47-50,52-59,61-63,65-69H,3-27,30-31,33,35-39,41,43-46H2,1-2H3,(H,60,64)/b29-28+,34-32+,42-40+. The van der Waals surface area contributed by atoms with E-state index in [2.05, 4.69) is 43.5 Å². The highest BCUT2D eigenvalue weighted by molar-refractivity contribution is 5.76. The molecule has 2 heterocycles. The molecule has 0 bridgehead atoms. The molecular formula is C59H109NO13. The molecule has 9 N–H and O–H groups in total. The average molecular weight is 1040 g/mol. The molecule has 2 saturated heterocycles. The molecule has 2 aliphatic rings. The number of aliphatic hydroxyl groups excluding tert-OH is 8. The molecule has 14 nitrogen and oxygen atoms in total. The van der Waals surface area contributed by atoms with Crippen molar-refractivity contribution in [2.45, 2.75) is 312 Å². The number of allylic oxidation sites excluding steroid dienone is 5. The molecule has 12 atom stereocenters. The number of carbonyl (C=O) groups is 1. The first-order valence-electron chi connectivity index (χ1n) is 29.7. The molecule has 0 aliphatic carbocycles. The normalized spacial score (nSPS) is 25.6. The highest BCUT2D eigenvalue weighted by Crippen LogP contribution is 2.30. The molecule has 2 rings (SSSR count). The van der Waals surface area contributed by atoms with Crippen LogP contribution in [0, 0.1) is 0 Å². The van der Waals surface area contributed by atoms with Gasteiger partial charge in [0.05, 0.1) is 32.0 Å². The molecule has 0 spiro atoms. The summed E-state index contributed by atoms with van der Waals surface area (Å²) in [5, 5.41) is 86.9. The van der Waals surface area contributed by atoms with E-state index in [9.17, 15) is 45.6 Å². The molecule has 14 heteroatoms. The minimum absolute atomic E-state index is 0.253. The monoisotopic (exact) mass is 1040 g/mol. The molecule has 428 valence electrons. The molecule has 2 fully saturated rings. The topological polar surface area (TPSA) is 228 Å². The van der Waals surface area contributed by atoms with Gasteiger partial charge < -0.3 is 65.1 Å². The van der Waals surface area contributed by atoms with Crippen molar-refractivity contribution >= 4 is 5.91 Å². The Labute approximate surface area is 442 Å². The lowest BCUT2D eigenvalue weighted by molar-refractivity contribution is -0.359. The van der Waals surface area contributed by atoms with Crippen molar-refractivity contribution in [1.82, 2.24) is 5.32 Å². The second kappa shape index (κ2) is 45.3. The van der Waals surface area contributed by atoms with Gasteiger partial charge in [0.2, 0.25) is 5.91 Å². The van der Waals surface area contributed by atoms with Crippen molar-refractivity contribution in [2.75, 3.05) is 19.8 Å². The zero-order valence-corrected chi connectivity index (χ0v) is 45.9. The van der Waals surface area contributed by atoms with Crippen LogP contribution in [0.4, 0.5) is 0 Å². The molecule has 0 radical (unpaired) electrons. The van der Waals surface area contributed by atoms with Gasteiger partial charge >= 0.3 is 0 Å². The number of unbranched alkanes of at least 4 members (excludes halogenated alkanes) is 30. The fraction of sp³-hybridized carbons (Fsp3) is 0.881. The summed E-state index contributed by atoms with van der Waals surface area (Å²) in [4.78, 5) is 13.2. The lowest BCUT2D eigenvalue weighted by Gasteiger charge is -2.46. The van der Waals surface area contributed by atoms with Crippen molar-refractivity contribution in [3.63, 3.8) is 0 Å². The van der Waals surface area contributed by atoms with Gasteiger partial charge in [0.25, 0.3) is 0 Å². The predicted molar refractivity (Wildman–Crippen MR) is 291 cm³/mol. The average Bonchev–Trinajstić information content (AvgIpc) is 3.39. The number of nitrogens with one attached hydrogen (secondary N) is 1. The van der Waals surface area contributed by atoms with Crippen molar-refractivity contribution < 1.29 is 64.6 Å². The van der Waals surface area contributed by atoms with Gasteiger partial charge in [-0.2, -0.15) is 0 Å². The SMILES string of the molecule is CCCCCCCCCCCCCCCCCCC/C=C/CC/C=C/CC/C=C/C(O)C(COC1OC(CO)C(OC2OC(CO)C(O)C(O)C2O)C(O)C1O)NC(=O)CCCCCCCCCCCCCC. The number of hydrogen-bond donors (Lipinski definition) is 9. The van der Waals surface area contributed by atoms with E-state index in [4.69, 9.17) is 18.9 Å². The number of ether oxygens (including phenoxy) is 4. The first-order valence-corrected chi connectivity index (χ1v) is 29.7. The van der Waals surface area contributed by atoms with Crippen LogP contribution in [0.5, 0.6) is 0 Å². The predicted octanol–water partition coefficient (Wildman–Crippen LogP) is 9.83. The molecule has 73 heavy (non-hydrogen) atoms. The van der Waals surface area contributed by atoms with Gasteiger partial charge in [-0.05, 0) is 44.9 Å². The Hall–Kier alpha value is -1.79. The van der Waals surface area contributed by atoms with Crippen molar-refractivity contribution in [1.29, 1.82) is 0 Å². The quantitative estimate of drug-likeness (QED) is 0.0205. The van der Waals surface area contributed by atoms with Crippen LogP contribution in [0.25, 0.3) is 0 Å². The van der Waals surface area contributed by atoms with Crippen molar-refractivity contribution in [3.05, 3.63) is 36.5 Å². The van der Waals surface area contributed by atoms with Gasteiger partial charge in [-0.25, -0.2) is 0 Å². The summed E-state index contributed by atoms with van der Waals surface area (Å²) in [5.41, 5.74) is 0. The Morgan fingerprint density at radius 2 is 0.877 bits per heavy atom. The lowest BCUT2D eigenvalue weighted by Crippen LogP contribution is -2.65. The van der Waals surface area contributed by atoms with Gasteiger partial charge in [0.1, 0.15) is 48.8 Å². The third kappa shape index (κ3) is 31.3. The maximum absolute atomic E-state index is 13.2. The molecule has 0 aromatic rings. The zero-order valence-electron chi connectivity index (χ0n) is 45.9. The third-order valence-corrected chi connectivity index (χ3v) is 14.6. The fourth-order valence-corrected chi connectivity index (χ4v) is 9.74. The molecule has 2 aliphatic heterocycles. The molecule has 0 aromatic carbocycles. The molecule has 12 unspecified atom stereocenters. The van der Waals surface area contributed by atoms with E-state index in [1.807, 2.05) is 6.08 Å². The molecule has 1 amide bonds. The minimum Gasteiger partial charge on any atom is -0.394 e. The van der Waals surface area contributed by atoms with Gasteiger partial charge in [-0.15, -0.1) is 0 Å². The van der Waals surface area contributed by atoms with Crippen LogP contribution < -0.4 is 5.32 Å². The largest absolute Gasteiger partial charge is 0.394 e. The first-order chi connectivity index (χ1) is 35.6. The van der Waals surface area contributed by atoms with Crippen LogP contribution in [-0.4, -0.2) is 140 Å². The first kappa shape index (κ1) is 67.3. The van der Waals surface area contributed by atoms with Crippen LogP contribution in [0.15, 0.2) is 36.5 Å². The van der Waals surface area contributed by atoms with Crippen LogP contribution in [0.2, 0.25) is 0 Å². The Bertz CT molecular complexity index is 1370. The highest BCUT2D eigenvalue weighted by Gasteiger charge is 2.51. The summed E-state index contributed by atoms with van der Waals surface area (Å²) in [5.74, 6) is -0.253. The van der Waals surface area contributed by atoms with Crippen LogP contribution in [-0.2, 0) is 23.7 Å².